The molecule has 1 atom stereocenters. The summed E-state index contributed by atoms with van der Waals surface area (Å²) < 4.78 is 2.41. The van der Waals surface area contributed by atoms with Gasteiger partial charge in [0.05, 0.1) is 6.04 Å². The molecule has 5 heteroatoms. The number of halogens is 3. The van der Waals surface area contributed by atoms with Crippen molar-refractivity contribution in [2.75, 3.05) is 6.54 Å². The lowest BCUT2D eigenvalue weighted by Gasteiger charge is -2.20. The quantitative estimate of drug-likeness (QED) is 0.501. The van der Waals surface area contributed by atoms with Crippen LogP contribution in [-0.4, -0.2) is 6.54 Å². The monoisotopic (exact) mass is 483 g/mol. The first kappa shape index (κ1) is 16.7. The van der Waals surface area contributed by atoms with Crippen LogP contribution in [0.5, 0.6) is 0 Å². The van der Waals surface area contributed by atoms with Crippen molar-refractivity contribution in [3.8, 4) is 0 Å². The third-order valence-corrected chi connectivity index (χ3v) is 6.22. The average molecular weight is 485 g/mol. The lowest BCUT2D eigenvalue weighted by Crippen LogP contribution is -2.23. The van der Waals surface area contributed by atoms with Crippen molar-refractivity contribution in [2.45, 2.75) is 26.3 Å². The van der Waals surface area contributed by atoms with Crippen LogP contribution in [0.3, 0.4) is 0 Å². The molecule has 2 rings (SSSR count). The summed E-state index contributed by atoms with van der Waals surface area (Å²) in [6, 6.07) is 8.45. The van der Waals surface area contributed by atoms with Crippen LogP contribution in [0, 0.1) is 10.5 Å². The maximum absolute atomic E-state index is 6.19. The summed E-state index contributed by atoms with van der Waals surface area (Å²) in [5.74, 6) is 0. The summed E-state index contributed by atoms with van der Waals surface area (Å²) in [6.45, 7) is 5.30. The standard InChI is InChI=1S/C15H16BrClINS/c1-3-6-19-14(15-12(16)7-9(2)20-15)11-8-10(17)4-5-13(11)18/h4-5,7-8,14,19H,3,6H2,1-2H3. The molecule has 1 N–H and O–H groups in total. The zero-order chi connectivity index (χ0) is 14.7. The molecular weight excluding hydrogens is 469 g/mol. The molecule has 0 amide bonds. The fourth-order valence-electron chi connectivity index (χ4n) is 2.07. The van der Waals surface area contributed by atoms with Gasteiger partial charge in [-0.05, 0) is 88.2 Å². The number of rotatable bonds is 5. The molecule has 0 radical (unpaired) electrons. The highest BCUT2D eigenvalue weighted by molar-refractivity contribution is 14.1. The maximum atomic E-state index is 6.19. The number of thiophene rings is 1. The molecule has 1 aromatic carbocycles. The second-order valence-electron chi connectivity index (χ2n) is 4.62. The van der Waals surface area contributed by atoms with Crippen LogP contribution in [0.15, 0.2) is 28.7 Å². The number of hydrogen-bond acceptors (Lipinski definition) is 2. The Labute approximate surface area is 151 Å². The largest absolute Gasteiger partial charge is 0.306 e. The van der Waals surface area contributed by atoms with E-state index in [0.29, 0.717) is 0 Å². The van der Waals surface area contributed by atoms with Crippen LogP contribution < -0.4 is 5.32 Å². The van der Waals surface area contributed by atoms with E-state index in [4.69, 9.17) is 11.6 Å². The van der Waals surface area contributed by atoms with Gasteiger partial charge in [0.25, 0.3) is 0 Å². The van der Waals surface area contributed by atoms with Crippen LogP contribution >= 0.6 is 61.5 Å². The Hall–Kier alpha value is 0.380. The fraction of sp³-hybridized carbons (Fsp3) is 0.333. The summed E-state index contributed by atoms with van der Waals surface area (Å²) in [4.78, 5) is 2.63. The van der Waals surface area contributed by atoms with E-state index in [-0.39, 0.29) is 6.04 Å². The summed E-state index contributed by atoms with van der Waals surface area (Å²) in [7, 11) is 0. The van der Waals surface area contributed by atoms with E-state index in [2.05, 4.69) is 75.9 Å². The lowest BCUT2D eigenvalue weighted by atomic mass is 10.1. The Morgan fingerprint density at radius 2 is 2.15 bits per heavy atom. The van der Waals surface area contributed by atoms with Crippen LogP contribution in [0.1, 0.15) is 34.7 Å². The number of benzene rings is 1. The van der Waals surface area contributed by atoms with Crippen molar-refractivity contribution < 1.29 is 0 Å². The van der Waals surface area contributed by atoms with Crippen LogP contribution in [0.25, 0.3) is 0 Å². The van der Waals surface area contributed by atoms with E-state index in [1.165, 1.54) is 23.4 Å². The van der Waals surface area contributed by atoms with E-state index in [1.807, 2.05) is 17.4 Å². The Kier molecular flexibility index (Phi) is 6.35. The third-order valence-electron chi connectivity index (χ3n) is 2.97. The van der Waals surface area contributed by atoms with Gasteiger partial charge in [0.15, 0.2) is 0 Å². The summed E-state index contributed by atoms with van der Waals surface area (Å²) in [5.41, 5.74) is 1.24. The van der Waals surface area contributed by atoms with Crippen LogP contribution in [0.2, 0.25) is 5.02 Å². The third kappa shape index (κ3) is 3.97. The molecule has 1 unspecified atom stereocenters. The molecule has 0 aliphatic heterocycles. The average Bonchev–Trinajstić information content (AvgIpc) is 2.73. The molecule has 0 aliphatic carbocycles. The highest BCUT2D eigenvalue weighted by atomic mass is 127. The van der Waals surface area contributed by atoms with Gasteiger partial charge in [-0.3, -0.25) is 0 Å². The van der Waals surface area contributed by atoms with Crippen molar-refractivity contribution in [1.29, 1.82) is 0 Å². The molecule has 0 saturated carbocycles. The molecule has 0 aliphatic rings. The first-order valence-corrected chi connectivity index (χ1v) is 9.53. The van der Waals surface area contributed by atoms with E-state index in [1.54, 1.807) is 0 Å². The fourth-order valence-corrected chi connectivity index (χ4v) is 4.87. The van der Waals surface area contributed by atoms with Crippen molar-refractivity contribution in [3.63, 3.8) is 0 Å². The molecule has 1 heterocycles. The van der Waals surface area contributed by atoms with E-state index in [9.17, 15) is 0 Å². The molecule has 1 aromatic heterocycles. The minimum absolute atomic E-state index is 0.189. The highest BCUT2D eigenvalue weighted by Crippen LogP contribution is 2.37. The smallest absolute Gasteiger partial charge is 0.0693 e. The number of hydrogen-bond donors (Lipinski definition) is 1. The number of aryl methyl sites for hydroxylation is 1. The molecular formula is C15H16BrClINS. The van der Waals surface area contributed by atoms with Gasteiger partial charge in [0.1, 0.15) is 0 Å². The Bertz CT molecular complexity index is 600. The van der Waals surface area contributed by atoms with Crippen molar-refractivity contribution in [1.82, 2.24) is 5.32 Å². The molecule has 0 saturated heterocycles. The Morgan fingerprint density at radius 1 is 1.40 bits per heavy atom. The molecule has 108 valence electrons. The highest BCUT2D eigenvalue weighted by Gasteiger charge is 2.21. The molecule has 2 aromatic rings. The van der Waals surface area contributed by atoms with Gasteiger partial charge in [0, 0.05) is 22.8 Å². The van der Waals surface area contributed by atoms with Crippen LogP contribution in [-0.2, 0) is 0 Å². The zero-order valence-electron chi connectivity index (χ0n) is 11.3. The SMILES string of the molecule is CCCNC(c1cc(Cl)ccc1I)c1sc(C)cc1Br. The summed E-state index contributed by atoms with van der Waals surface area (Å²) in [5, 5.41) is 4.43. The van der Waals surface area contributed by atoms with Crippen molar-refractivity contribution in [2.24, 2.45) is 0 Å². The van der Waals surface area contributed by atoms with Gasteiger partial charge >= 0.3 is 0 Å². The minimum Gasteiger partial charge on any atom is -0.306 e. The van der Waals surface area contributed by atoms with Crippen molar-refractivity contribution >= 4 is 61.5 Å². The van der Waals surface area contributed by atoms with Gasteiger partial charge < -0.3 is 5.32 Å². The molecule has 20 heavy (non-hydrogen) atoms. The zero-order valence-corrected chi connectivity index (χ0v) is 16.7. The van der Waals surface area contributed by atoms with E-state index in [0.717, 1.165) is 18.0 Å². The molecule has 1 nitrogen and oxygen atoms in total. The summed E-state index contributed by atoms with van der Waals surface area (Å²) >= 11 is 14.1. The van der Waals surface area contributed by atoms with Gasteiger partial charge in [-0.25, -0.2) is 0 Å². The second-order valence-corrected chi connectivity index (χ2v) is 8.36. The summed E-state index contributed by atoms with van der Waals surface area (Å²) in [6.07, 6.45) is 1.11. The first-order valence-electron chi connectivity index (χ1n) is 6.47. The predicted octanol–water partition coefficient (Wildman–Crippen LogP) is 6.17. The molecule has 0 spiro atoms. The molecule has 0 fully saturated rings. The van der Waals surface area contributed by atoms with E-state index < -0.39 is 0 Å². The maximum Gasteiger partial charge on any atom is 0.0693 e. The molecule has 0 bridgehead atoms. The van der Waals surface area contributed by atoms with Crippen molar-refractivity contribution in [3.05, 3.63) is 52.6 Å². The topological polar surface area (TPSA) is 12.0 Å². The normalized spacial score (nSPS) is 12.7. The van der Waals surface area contributed by atoms with E-state index >= 15 is 0 Å². The van der Waals surface area contributed by atoms with Crippen LogP contribution in [0.4, 0.5) is 0 Å². The predicted molar refractivity (Wildman–Crippen MR) is 101 cm³/mol. The van der Waals surface area contributed by atoms with Gasteiger partial charge in [-0.2, -0.15) is 0 Å². The van der Waals surface area contributed by atoms with Gasteiger partial charge in [0.2, 0.25) is 0 Å². The second kappa shape index (κ2) is 7.58. The Morgan fingerprint density at radius 3 is 2.75 bits per heavy atom. The van der Waals surface area contributed by atoms with Gasteiger partial charge in [-0.15, -0.1) is 11.3 Å². The Balaban J connectivity index is 2.46. The minimum atomic E-state index is 0.189. The van der Waals surface area contributed by atoms with Gasteiger partial charge in [-0.1, -0.05) is 18.5 Å². The first-order chi connectivity index (χ1) is 9.52. The lowest BCUT2D eigenvalue weighted by molar-refractivity contribution is 0.602. The number of nitrogens with one attached hydrogen (secondary N) is 1.